The van der Waals surface area contributed by atoms with Crippen molar-refractivity contribution in [2.75, 3.05) is 13.1 Å². The molecule has 1 heterocycles. The third-order valence-electron chi connectivity index (χ3n) is 4.61. The molecule has 0 aliphatic heterocycles. The van der Waals surface area contributed by atoms with Gasteiger partial charge < -0.3 is 5.32 Å². The van der Waals surface area contributed by atoms with Crippen LogP contribution in [0.5, 0.6) is 0 Å². The van der Waals surface area contributed by atoms with Gasteiger partial charge in [-0.3, -0.25) is 0 Å². The van der Waals surface area contributed by atoms with E-state index in [0.29, 0.717) is 5.92 Å². The summed E-state index contributed by atoms with van der Waals surface area (Å²) in [4.78, 5) is 1.43. The predicted molar refractivity (Wildman–Crippen MR) is 86.3 cm³/mol. The zero-order chi connectivity index (χ0) is 13.8. The van der Waals surface area contributed by atoms with Crippen molar-refractivity contribution in [3.05, 3.63) is 21.3 Å². The molecule has 0 amide bonds. The molecule has 0 bridgehead atoms. The highest BCUT2D eigenvalue weighted by Gasteiger charge is 2.34. The quantitative estimate of drug-likeness (QED) is 0.791. The molecule has 1 aliphatic rings. The van der Waals surface area contributed by atoms with E-state index in [1.54, 1.807) is 0 Å². The van der Waals surface area contributed by atoms with Crippen LogP contribution in [0.15, 0.2) is 11.4 Å². The van der Waals surface area contributed by atoms with Gasteiger partial charge in [-0.2, -0.15) is 0 Å². The van der Waals surface area contributed by atoms with Crippen LogP contribution in [0.2, 0.25) is 5.02 Å². The van der Waals surface area contributed by atoms with Gasteiger partial charge in [0.05, 0.1) is 5.02 Å². The number of thiophene rings is 1. The van der Waals surface area contributed by atoms with E-state index in [2.05, 4.69) is 37.5 Å². The molecule has 1 nitrogen and oxygen atoms in total. The average Bonchev–Trinajstić information content (AvgIpc) is 2.82. The molecule has 2 rings (SSSR count). The summed E-state index contributed by atoms with van der Waals surface area (Å²) in [6, 6.07) is 2.06. The van der Waals surface area contributed by atoms with E-state index < -0.39 is 0 Å². The van der Waals surface area contributed by atoms with Gasteiger partial charge in [0.2, 0.25) is 0 Å². The second-order valence-electron chi connectivity index (χ2n) is 6.12. The number of nitrogens with one attached hydrogen (secondary N) is 1. The standard InChI is InChI=1S/C16H26ClNS/c1-4-18-10-13-6-5-12(11(2)3)9-14(13)16-15(17)7-8-19-16/h7-8,11-14,18H,4-6,9-10H2,1-3H3. The van der Waals surface area contributed by atoms with Gasteiger partial charge >= 0.3 is 0 Å². The summed E-state index contributed by atoms with van der Waals surface area (Å²) in [5.41, 5.74) is 0. The van der Waals surface area contributed by atoms with Crippen LogP contribution in [-0.4, -0.2) is 13.1 Å². The topological polar surface area (TPSA) is 12.0 Å². The number of rotatable bonds is 5. The summed E-state index contributed by atoms with van der Waals surface area (Å²) >= 11 is 8.24. The summed E-state index contributed by atoms with van der Waals surface area (Å²) < 4.78 is 0. The van der Waals surface area contributed by atoms with Crippen LogP contribution in [0, 0.1) is 17.8 Å². The molecule has 1 saturated carbocycles. The van der Waals surface area contributed by atoms with E-state index in [-0.39, 0.29) is 0 Å². The van der Waals surface area contributed by atoms with Gasteiger partial charge in [-0.05, 0) is 67.5 Å². The molecule has 3 heteroatoms. The maximum Gasteiger partial charge on any atom is 0.0547 e. The molecule has 1 aliphatic carbocycles. The Kier molecular flexibility index (Phi) is 5.73. The number of hydrogen-bond acceptors (Lipinski definition) is 2. The normalized spacial score (nSPS) is 27.9. The molecule has 1 aromatic heterocycles. The second-order valence-corrected chi connectivity index (χ2v) is 7.48. The Hall–Kier alpha value is -0.0500. The summed E-state index contributed by atoms with van der Waals surface area (Å²) in [5.74, 6) is 3.07. The minimum absolute atomic E-state index is 0.660. The van der Waals surface area contributed by atoms with E-state index in [9.17, 15) is 0 Å². The lowest BCUT2D eigenvalue weighted by Gasteiger charge is -2.38. The van der Waals surface area contributed by atoms with Gasteiger partial charge in [0.15, 0.2) is 0 Å². The summed E-state index contributed by atoms with van der Waals surface area (Å²) in [7, 11) is 0. The Morgan fingerprint density at radius 3 is 2.79 bits per heavy atom. The highest BCUT2D eigenvalue weighted by molar-refractivity contribution is 7.10. The Balaban J connectivity index is 2.13. The van der Waals surface area contributed by atoms with Gasteiger partial charge in [-0.15, -0.1) is 11.3 Å². The molecule has 0 radical (unpaired) electrons. The SMILES string of the molecule is CCNCC1CCC(C(C)C)CC1c1sccc1Cl. The lowest BCUT2D eigenvalue weighted by molar-refractivity contribution is 0.193. The van der Waals surface area contributed by atoms with Crippen LogP contribution in [0.25, 0.3) is 0 Å². The first-order valence-electron chi connectivity index (χ1n) is 7.57. The Labute approximate surface area is 126 Å². The van der Waals surface area contributed by atoms with Gasteiger partial charge in [0.25, 0.3) is 0 Å². The number of halogens is 1. The molecular formula is C16H26ClNS. The van der Waals surface area contributed by atoms with Gasteiger partial charge in [0, 0.05) is 4.88 Å². The lowest BCUT2D eigenvalue weighted by Crippen LogP contribution is -2.33. The fraction of sp³-hybridized carbons (Fsp3) is 0.750. The molecule has 1 aromatic rings. The second kappa shape index (κ2) is 7.10. The fourth-order valence-corrected chi connectivity index (χ4v) is 4.74. The highest BCUT2D eigenvalue weighted by atomic mass is 35.5. The van der Waals surface area contributed by atoms with E-state index in [4.69, 9.17) is 11.6 Å². The zero-order valence-electron chi connectivity index (χ0n) is 12.3. The molecule has 1 N–H and O–H groups in total. The van der Waals surface area contributed by atoms with E-state index in [1.807, 2.05) is 11.3 Å². The van der Waals surface area contributed by atoms with Gasteiger partial charge in [-0.1, -0.05) is 32.4 Å². The smallest absolute Gasteiger partial charge is 0.0547 e. The van der Waals surface area contributed by atoms with Crippen molar-refractivity contribution in [1.82, 2.24) is 5.32 Å². The van der Waals surface area contributed by atoms with Crippen LogP contribution in [-0.2, 0) is 0 Å². The Bertz CT molecular complexity index is 388. The fourth-order valence-electron chi connectivity index (χ4n) is 3.34. The van der Waals surface area contributed by atoms with Crippen molar-refractivity contribution in [3.8, 4) is 0 Å². The third kappa shape index (κ3) is 3.74. The maximum absolute atomic E-state index is 6.39. The van der Waals surface area contributed by atoms with Crippen LogP contribution in [0.1, 0.15) is 50.8 Å². The first kappa shape index (κ1) is 15.3. The molecule has 0 aromatic carbocycles. The van der Waals surface area contributed by atoms with Crippen molar-refractivity contribution in [2.45, 2.75) is 46.0 Å². The first-order chi connectivity index (χ1) is 9.13. The van der Waals surface area contributed by atoms with Crippen LogP contribution < -0.4 is 5.32 Å². The maximum atomic E-state index is 6.39. The summed E-state index contributed by atoms with van der Waals surface area (Å²) in [5, 5.41) is 6.66. The molecule has 108 valence electrons. The molecule has 3 atom stereocenters. The monoisotopic (exact) mass is 299 g/mol. The molecule has 3 unspecified atom stereocenters. The summed E-state index contributed by atoms with van der Waals surface area (Å²) in [6.45, 7) is 9.12. The first-order valence-corrected chi connectivity index (χ1v) is 8.82. The van der Waals surface area contributed by atoms with Crippen molar-refractivity contribution < 1.29 is 0 Å². The minimum atomic E-state index is 0.660. The van der Waals surface area contributed by atoms with Crippen molar-refractivity contribution in [2.24, 2.45) is 17.8 Å². The highest BCUT2D eigenvalue weighted by Crippen LogP contribution is 2.46. The minimum Gasteiger partial charge on any atom is -0.317 e. The van der Waals surface area contributed by atoms with Crippen LogP contribution >= 0.6 is 22.9 Å². The van der Waals surface area contributed by atoms with Crippen molar-refractivity contribution in [3.63, 3.8) is 0 Å². The van der Waals surface area contributed by atoms with Gasteiger partial charge in [0.1, 0.15) is 0 Å². The van der Waals surface area contributed by atoms with Crippen molar-refractivity contribution in [1.29, 1.82) is 0 Å². The number of hydrogen-bond donors (Lipinski definition) is 1. The van der Waals surface area contributed by atoms with E-state index in [1.165, 1.54) is 24.1 Å². The molecule has 0 spiro atoms. The van der Waals surface area contributed by atoms with Gasteiger partial charge in [-0.25, -0.2) is 0 Å². The summed E-state index contributed by atoms with van der Waals surface area (Å²) in [6.07, 6.45) is 4.04. The zero-order valence-corrected chi connectivity index (χ0v) is 13.9. The van der Waals surface area contributed by atoms with Crippen LogP contribution in [0.3, 0.4) is 0 Å². The molecular weight excluding hydrogens is 274 g/mol. The largest absolute Gasteiger partial charge is 0.317 e. The Morgan fingerprint density at radius 1 is 1.42 bits per heavy atom. The lowest BCUT2D eigenvalue weighted by atomic mass is 9.70. The van der Waals surface area contributed by atoms with E-state index in [0.717, 1.165) is 35.9 Å². The average molecular weight is 300 g/mol. The Morgan fingerprint density at radius 2 is 2.21 bits per heavy atom. The molecule has 1 fully saturated rings. The predicted octanol–water partition coefficient (Wildman–Crippen LogP) is 5.17. The molecule has 0 saturated heterocycles. The molecule has 19 heavy (non-hydrogen) atoms. The van der Waals surface area contributed by atoms with E-state index >= 15 is 0 Å². The third-order valence-corrected chi connectivity index (χ3v) is 6.11. The van der Waals surface area contributed by atoms with Crippen molar-refractivity contribution >= 4 is 22.9 Å². The van der Waals surface area contributed by atoms with Crippen LogP contribution in [0.4, 0.5) is 0 Å².